The molecule has 0 N–H and O–H groups in total. The van der Waals surface area contributed by atoms with E-state index in [1.165, 1.54) is 29.1 Å². The van der Waals surface area contributed by atoms with Gasteiger partial charge in [-0.25, -0.2) is 9.37 Å². The van der Waals surface area contributed by atoms with E-state index in [0.29, 0.717) is 10.9 Å². The van der Waals surface area contributed by atoms with Gasteiger partial charge in [-0.3, -0.25) is 14.2 Å². The monoisotopic (exact) mass is 262 g/mol. The molecule has 0 aliphatic carbocycles. The lowest BCUT2D eigenvalue weighted by Gasteiger charge is -2.17. The molecule has 0 saturated heterocycles. The number of nitrogens with zero attached hydrogens (tertiary/aromatic N) is 2. The average Bonchev–Trinajstić information content (AvgIpc) is 2.31. The molecule has 0 amide bonds. The van der Waals surface area contributed by atoms with E-state index < -0.39 is 11.2 Å². The summed E-state index contributed by atoms with van der Waals surface area (Å²) in [6, 6.07) is 3.80. The number of aromatic nitrogens is 2. The lowest BCUT2D eigenvalue weighted by atomic mass is 9.91. The number of rotatable bonds is 2. The van der Waals surface area contributed by atoms with Crippen LogP contribution < -0.4 is 5.56 Å². The van der Waals surface area contributed by atoms with Crippen LogP contribution >= 0.6 is 0 Å². The zero-order valence-electron chi connectivity index (χ0n) is 11.1. The van der Waals surface area contributed by atoms with Crippen LogP contribution in [-0.4, -0.2) is 15.3 Å². The molecule has 0 fully saturated rings. The van der Waals surface area contributed by atoms with E-state index in [1.807, 2.05) is 0 Å². The number of hydrogen-bond donors (Lipinski definition) is 0. The molecule has 1 aromatic heterocycles. The van der Waals surface area contributed by atoms with E-state index in [4.69, 9.17) is 0 Å². The maximum Gasteiger partial charge on any atom is 0.261 e. The van der Waals surface area contributed by atoms with Crippen molar-refractivity contribution in [1.29, 1.82) is 0 Å². The summed E-state index contributed by atoms with van der Waals surface area (Å²) in [5.74, 6) is -0.499. The Bertz CT molecular complexity index is 699. The van der Waals surface area contributed by atoms with Gasteiger partial charge in [-0.1, -0.05) is 20.8 Å². The largest absolute Gasteiger partial charge is 0.297 e. The van der Waals surface area contributed by atoms with E-state index in [0.717, 1.165) is 0 Å². The van der Waals surface area contributed by atoms with Crippen molar-refractivity contribution in [2.45, 2.75) is 27.3 Å². The standard InChI is InChI=1S/C14H15FN2O2/c1-14(2,3)12(18)7-17-8-16-11-6-9(15)4-5-10(11)13(17)19/h4-6,8H,7H2,1-3H3. The highest BCUT2D eigenvalue weighted by Crippen LogP contribution is 2.15. The first kappa shape index (κ1) is 13.4. The van der Waals surface area contributed by atoms with E-state index >= 15 is 0 Å². The molecule has 0 aliphatic heterocycles. The second kappa shape index (κ2) is 4.57. The molecule has 0 aliphatic rings. The minimum atomic E-state index is -0.517. The number of ketones is 1. The number of benzene rings is 1. The summed E-state index contributed by atoms with van der Waals surface area (Å²) in [4.78, 5) is 28.1. The summed E-state index contributed by atoms with van der Waals surface area (Å²) in [6.07, 6.45) is 1.29. The smallest absolute Gasteiger partial charge is 0.261 e. The van der Waals surface area contributed by atoms with E-state index in [-0.39, 0.29) is 17.9 Å². The Labute approximate surface area is 109 Å². The fraction of sp³-hybridized carbons (Fsp3) is 0.357. The molecule has 4 nitrogen and oxygen atoms in total. The predicted molar refractivity (Wildman–Crippen MR) is 70.4 cm³/mol. The molecule has 100 valence electrons. The van der Waals surface area contributed by atoms with Gasteiger partial charge in [0.15, 0.2) is 5.78 Å². The van der Waals surface area contributed by atoms with Gasteiger partial charge in [0.05, 0.1) is 23.8 Å². The highest BCUT2D eigenvalue weighted by Gasteiger charge is 2.22. The van der Waals surface area contributed by atoms with Gasteiger partial charge in [-0.2, -0.15) is 0 Å². The molecule has 0 atom stereocenters. The third kappa shape index (κ3) is 2.70. The summed E-state index contributed by atoms with van der Waals surface area (Å²) in [5.41, 5.74) is -0.552. The van der Waals surface area contributed by atoms with Crippen molar-refractivity contribution in [3.05, 3.63) is 40.7 Å². The summed E-state index contributed by atoms with van der Waals surface area (Å²) in [5, 5.41) is 0.311. The Morgan fingerprint density at radius 1 is 1.37 bits per heavy atom. The Morgan fingerprint density at radius 2 is 2.05 bits per heavy atom. The Kier molecular flexibility index (Phi) is 3.22. The molecule has 0 radical (unpaired) electrons. The first-order chi connectivity index (χ1) is 8.79. The molecule has 1 aromatic carbocycles. The van der Waals surface area contributed by atoms with Crippen molar-refractivity contribution in [3.63, 3.8) is 0 Å². The first-order valence-electron chi connectivity index (χ1n) is 5.97. The van der Waals surface area contributed by atoms with Crippen LogP contribution in [0.1, 0.15) is 20.8 Å². The van der Waals surface area contributed by atoms with Crippen molar-refractivity contribution in [1.82, 2.24) is 9.55 Å². The van der Waals surface area contributed by atoms with Crippen molar-refractivity contribution in [3.8, 4) is 0 Å². The second-order valence-corrected chi connectivity index (χ2v) is 5.51. The highest BCUT2D eigenvalue weighted by molar-refractivity contribution is 5.84. The molecule has 2 aromatic rings. The van der Waals surface area contributed by atoms with Crippen molar-refractivity contribution < 1.29 is 9.18 Å². The van der Waals surface area contributed by atoms with Crippen LogP contribution in [0.5, 0.6) is 0 Å². The van der Waals surface area contributed by atoms with Crippen LogP contribution in [0.15, 0.2) is 29.3 Å². The molecule has 0 unspecified atom stereocenters. The second-order valence-electron chi connectivity index (χ2n) is 5.51. The lowest BCUT2D eigenvalue weighted by Crippen LogP contribution is -2.30. The van der Waals surface area contributed by atoms with E-state index in [1.54, 1.807) is 20.8 Å². The van der Waals surface area contributed by atoms with Crippen LogP contribution in [-0.2, 0) is 11.3 Å². The number of Topliss-reactive ketones (excluding diaryl/α,β-unsaturated/α-hetero) is 1. The van der Waals surface area contributed by atoms with Gasteiger partial charge in [0.25, 0.3) is 5.56 Å². The molecule has 1 heterocycles. The Hall–Kier alpha value is -2.04. The zero-order chi connectivity index (χ0) is 14.2. The van der Waals surface area contributed by atoms with Crippen LogP contribution in [0.4, 0.5) is 4.39 Å². The highest BCUT2D eigenvalue weighted by atomic mass is 19.1. The molecular weight excluding hydrogens is 247 g/mol. The minimum Gasteiger partial charge on any atom is -0.297 e. The third-order valence-electron chi connectivity index (χ3n) is 2.94. The normalized spacial score (nSPS) is 11.8. The van der Waals surface area contributed by atoms with Crippen molar-refractivity contribution in [2.75, 3.05) is 0 Å². The van der Waals surface area contributed by atoms with Gasteiger partial charge in [-0.15, -0.1) is 0 Å². The number of carbonyl (C=O) groups is 1. The molecular formula is C14H15FN2O2. The molecule has 0 bridgehead atoms. The number of halogens is 1. The third-order valence-corrected chi connectivity index (χ3v) is 2.94. The van der Waals surface area contributed by atoms with Gasteiger partial charge >= 0.3 is 0 Å². The quantitative estimate of drug-likeness (QED) is 0.833. The van der Waals surface area contributed by atoms with E-state index in [2.05, 4.69) is 4.98 Å². The Morgan fingerprint density at radius 3 is 2.68 bits per heavy atom. The molecule has 19 heavy (non-hydrogen) atoms. The molecule has 0 saturated carbocycles. The fourth-order valence-electron chi connectivity index (χ4n) is 1.64. The average molecular weight is 262 g/mol. The molecule has 0 spiro atoms. The number of carbonyl (C=O) groups excluding carboxylic acids is 1. The van der Waals surface area contributed by atoms with E-state index in [9.17, 15) is 14.0 Å². The van der Waals surface area contributed by atoms with Crippen LogP contribution in [0.3, 0.4) is 0 Å². The minimum absolute atomic E-state index is 0.0251. The summed E-state index contributed by atoms with van der Waals surface area (Å²) in [6.45, 7) is 5.36. The van der Waals surface area contributed by atoms with Crippen molar-refractivity contribution in [2.24, 2.45) is 5.41 Å². The lowest BCUT2D eigenvalue weighted by molar-refractivity contribution is -0.126. The topological polar surface area (TPSA) is 52.0 Å². The van der Waals surface area contributed by atoms with Gasteiger partial charge in [-0.05, 0) is 12.1 Å². The van der Waals surface area contributed by atoms with Gasteiger partial charge < -0.3 is 0 Å². The van der Waals surface area contributed by atoms with Crippen molar-refractivity contribution >= 4 is 16.7 Å². The molecule has 5 heteroatoms. The first-order valence-corrected chi connectivity index (χ1v) is 5.97. The number of fused-ring (bicyclic) bond motifs is 1. The van der Waals surface area contributed by atoms with Crippen LogP contribution in [0.2, 0.25) is 0 Å². The SMILES string of the molecule is CC(C)(C)C(=O)Cn1cnc2cc(F)ccc2c1=O. The van der Waals surface area contributed by atoms with Crippen LogP contribution in [0.25, 0.3) is 10.9 Å². The van der Waals surface area contributed by atoms with Gasteiger partial charge in [0.1, 0.15) is 5.82 Å². The summed E-state index contributed by atoms with van der Waals surface area (Å²) in [7, 11) is 0. The van der Waals surface area contributed by atoms with Crippen LogP contribution in [0, 0.1) is 11.2 Å². The maximum absolute atomic E-state index is 13.0. The zero-order valence-corrected chi connectivity index (χ0v) is 11.1. The van der Waals surface area contributed by atoms with Gasteiger partial charge in [0, 0.05) is 11.5 Å². The molecule has 2 rings (SSSR count). The summed E-state index contributed by atoms with van der Waals surface area (Å²) >= 11 is 0. The number of hydrogen-bond acceptors (Lipinski definition) is 3. The Balaban J connectivity index is 2.47. The van der Waals surface area contributed by atoms with Gasteiger partial charge in [0.2, 0.25) is 0 Å². The summed E-state index contributed by atoms with van der Waals surface area (Å²) < 4.78 is 14.3. The fourth-order valence-corrected chi connectivity index (χ4v) is 1.64. The maximum atomic E-state index is 13.0. The predicted octanol–water partition coefficient (Wildman–Crippen LogP) is 2.15.